The van der Waals surface area contributed by atoms with Crippen molar-refractivity contribution in [2.24, 2.45) is 5.92 Å². The number of nitrogens with one attached hydrogen (secondary N) is 1. The number of rotatable bonds is 6. The van der Waals surface area contributed by atoms with Crippen LogP contribution < -0.4 is 22.4 Å². The van der Waals surface area contributed by atoms with Crippen LogP contribution in [0, 0.1) is 30.0 Å². The fourth-order valence-electron chi connectivity index (χ4n) is 4.85. The van der Waals surface area contributed by atoms with E-state index < -0.39 is 17.1 Å². The monoisotopic (exact) mass is 414 g/mol. The highest BCUT2D eigenvalue weighted by atomic mass is 19.1. The molecule has 1 aromatic carbocycles. The van der Waals surface area contributed by atoms with Crippen molar-refractivity contribution in [2.75, 3.05) is 32.5 Å². The van der Waals surface area contributed by atoms with E-state index in [0.29, 0.717) is 34.3 Å². The summed E-state index contributed by atoms with van der Waals surface area (Å²) in [5, 5.41) is 12.5. The van der Waals surface area contributed by atoms with E-state index in [4.69, 9.17) is 11.1 Å². The van der Waals surface area contributed by atoms with Crippen LogP contribution in [0.3, 0.4) is 0 Å². The predicted octanol–water partition coefficient (Wildman–Crippen LogP) is 1.16. The highest BCUT2D eigenvalue weighted by Crippen LogP contribution is 2.40. The third kappa shape index (κ3) is 3.30. The van der Waals surface area contributed by atoms with Gasteiger partial charge in [0.05, 0.1) is 17.0 Å². The highest BCUT2D eigenvalue weighted by Gasteiger charge is 2.35. The summed E-state index contributed by atoms with van der Waals surface area (Å²) < 4.78 is 17.7. The van der Waals surface area contributed by atoms with Gasteiger partial charge in [0.2, 0.25) is 0 Å². The van der Waals surface area contributed by atoms with Crippen molar-refractivity contribution in [3.05, 3.63) is 43.8 Å². The van der Waals surface area contributed by atoms with Crippen LogP contribution in [0.15, 0.2) is 15.7 Å². The van der Waals surface area contributed by atoms with Gasteiger partial charge in [-0.2, -0.15) is 9.94 Å². The maximum Gasteiger partial charge on any atom is 0.350 e. The Morgan fingerprint density at radius 1 is 1.40 bits per heavy atom. The number of nitrogens with two attached hydrogens (primary N) is 1. The minimum Gasteiger partial charge on any atom is -0.332 e. The van der Waals surface area contributed by atoms with Gasteiger partial charge in [-0.25, -0.2) is 9.18 Å². The first-order valence-corrected chi connectivity index (χ1v) is 10.4. The standard InChI is InChI=1S/C21H27FN6O2/c1-12-17(19(13-6-8-25-11-13)26(2)9-3-7-23)16(22)10-15-18(12)27(14-4-5-14)21(30)28(24)20(15)29/h10,13-14,19,25H,3-6,8-9,11,24H2,1-2H3. The van der Waals surface area contributed by atoms with Gasteiger partial charge in [0.25, 0.3) is 5.56 Å². The lowest BCUT2D eigenvalue weighted by Crippen LogP contribution is -2.45. The largest absolute Gasteiger partial charge is 0.350 e. The second kappa shape index (κ2) is 7.85. The van der Waals surface area contributed by atoms with E-state index in [0.717, 1.165) is 32.4 Å². The molecule has 1 aliphatic carbocycles. The smallest absolute Gasteiger partial charge is 0.332 e. The number of fused-ring (bicyclic) bond motifs is 1. The predicted molar refractivity (Wildman–Crippen MR) is 112 cm³/mol. The molecule has 0 spiro atoms. The first-order chi connectivity index (χ1) is 14.4. The summed E-state index contributed by atoms with van der Waals surface area (Å²) in [7, 11) is 1.90. The molecule has 2 heterocycles. The van der Waals surface area contributed by atoms with Gasteiger partial charge in [-0.3, -0.25) is 14.3 Å². The number of benzene rings is 1. The van der Waals surface area contributed by atoms with E-state index in [1.54, 1.807) is 11.5 Å². The molecular weight excluding hydrogens is 387 g/mol. The molecule has 0 amide bonds. The molecule has 2 aliphatic rings. The maximum absolute atomic E-state index is 15.5. The van der Waals surface area contributed by atoms with Gasteiger partial charge in [-0.15, -0.1) is 0 Å². The number of nitriles is 1. The van der Waals surface area contributed by atoms with Crippen molar-refractivity contribution in [2.45, 2.75) is 44.7 Å². The first kappa shape index (κ1) is 20.6. The van der Waals surface area contributed by atoms with Crippen molar-refractivity contribution in [3.63, 3.8) is 0 Å². The zero-order chi connectivity index (χ0) is 21.6. The summed E-state index contributed by atoms with van der Waals surface area (Å²) >= 11 is 0. The van der Waals surface area contributed by atoms with Crippen LogP contribution in [0.4, 0.5) is 4.39 Å². The Morgan fingerprint density at radius 3 is 2.73 bits per heavy atom. The van der Waals surface area contributed by atoms with Crippen LogP contribution in [-0.2, 0) is 0 Å². The van der Waals surface area contributed by atoms with E-state index in [2.05, 4.69) is 11.4 Å². The summed E-state index contributed by atoms with van der Waals surface area (Å²) in [6, 6.07) is 3.10. The summed E-state index contributed by atoms with van der Waals surface area (Å²) in [5.41, 5.74) is 0.340. The Kier molecular flexibility index (Phi) is 5.38. The van der Waals surface area contributed by atoms with Crippen LogP contribution in [-0.4, -0.2) is 40.8 Å². The second-order valence-corrected chi connectivity index (χ2v) is 8.44. The van der Waals surface area contributed by atoms with E-state index in [1.807, 2.05) is 11.9 Å². The first-order valence-electron chi connectivity index (χ1n) is 10.4. The molecule has 8 nitrogen and oxygen atoms in total. The van der Waals surface area contributed by atoms with Crippen molar-refractivity contribution >= 4 is 10.9 Å². The van der Waals surface area contributed by atoms with Crippen molar-refractivity contribution in [3.8, 4) is 6.07 Å². The van der Waals surface area contributed by atoms with Crippen LogP contribution in [0.5, 0.6) is 0 Å². The van der Waals surface area contributed by atoms with Crippen molar-refractivity contribution in [1.82, 2.24) is 19.5 Å². The Bertz CT molecular complexity index is 1140. The van der Waals surface area contributed by atoms with E-state index in [-0.39, 0.29) is 23.4 Å². The minimum absolute atomic E-state index is 0.0182. The Labute approximate surface area is 173 Å². The number of nitrogens with zero attached hydrogens (tertiary/aromatic N) is 4. The Morgan fingerprint density at radius 2 is 2.13 bits per heavy atom. The SMILES string of the molecule is Cc1c(C(C2CCNC2)N(C)CCC#N)c(F)cc2c(=O)n(N)c(=O)n(C3CC3)c12. The van der Waals surface area contributed by atoms with E-state index in [9.17, 15) is 9.59 Å². The number of halogens is 1. The minimum atomic E-state index is -0.683. The fourth-order valence-corrected chi connectivity index (χ4v) is 4.85. The molecule has 30 heavy (non-hydrogen) atoms. The molecule has 1 aromatic heterocycles. The normalized spacial score (nSPS) is 20.0. The van der Waals surface area contributed by atoms with E-state index >= 15 is 4.39 Å². The molecule has 1 saturated carbocycles. The zero-order valence-corrected chi connectivity index (χ0v) is 17.3. The molecule has 1 aliphatic heterocycles. The van der Waals surface area contributed by atoms with Gasteiger partial charge in [0.1, 0.15) is 5.82 Å². The van der Waals surface area contributed by atoms with Gasteiger partial charge in [-0.1, -0.05) is 0 Å². The van der Waals surface area contributed by atoms with Crippen LogP contribution in [0.25, 0.3) is 10.9 Å². The Balaban J connectivity index is 1.99. The van der Waals surface area contributed by atoms with E-state index in [1.165, 1.54) is 6.07 Å². The summed E-state index contributed by atoms with van der Waals surface area (Å²) in [6.07, 6.45) is 2.89. The summed E-state index contributed by atoms with van der Waals surface area (Å²) in [5.74, 6) is 5.41. The van der Waals surface area contributed by atoms with Gasteiger partial charge in [0, 0.05) is 30.6 Å². The highest BCUT2D eigenvalue weighted by molar-refractivity contribution is 5.83. The molecule has 3 N–H and O–H groups in total. The molecule has 0 bridgehead atoms. The van der Waals surface area contributed by atoms with Gasteiger partial charge >= 0.3 is 5.69 Å². The lowest BCUT2D eigenvalue weighted by Gasteiger charge is -2.34. The summed E-state index contributed by atoms with van der Waals surface area (Å²) in [4.78, 5) is 27.5. The molecule has 1 saturated heterocycles. The number of aryl methyl sites for hydroxylation is 1. The molecule has 4 rings (SSSR count). The number of hydrogen-bond acceptors (Lipinski definition) is 6. The van der Waals surface area contributed by atoms with Crippen LogP contribution in [0.2, 0.25) is 0 Å². The van der Waals surface area contributed by atoms with Crippen LogP contribution in [0.1, 0.15) is 48.9 Å². The zero-order valence-electron chi connectivity index (χ0n) is 17.3. The lowest BCUT2D eigenvalue weighted by molar-refractivity contribution is 0.183. The average Bonchev–Trinajstić information content (AvgIpc) is 3.42. The topological polar surface area (TPSA) is 109 Å². The van der Waals surface area contributed by atoms with Gasteiger partial charge in [-0.05, 0) is 63.9 Å². The third-order valence-corrected chi connectivity index (χ3v) is 6.45. The molecule has 2 aromatic rings. The molecule has 9 heteroatoms. The number of hydrogen-bond donors (Lipinski definition) is 2. The fraction of sp³-hybridized carbons (Fsp3) is 0.571. The van der Waals surface area contributed by atoms with Crippen molar-refractivity contribution < 1.29 is 4.39 Å². The van der Waals surface area contributed by atoms with Gasteiger partial charge in [0.15, 0.2) is 0 Å². The number of aromatic nitrogens is 2. The maximum atomic E-state index is 15.5. The third-order valence-electron chi connectivity index (χ3n) is 6.45. The molecule has 2 fully saturated rings. The lowest BCUT2D eigenvalue weighted by atomic mass is 9.87. The molecule has 0 radical (unpaired) electrons. The summed E-state index contributed by atoms with van der Waals surface area (Å²) in [6.45, 7) is 3.89. The van der Waals surface area contributed by atoms with Gasteiger partial charge < -0.3 is 11.2 Å². The average molecular weight is 414 g/mol. The Hall–Kier alpha value is -2.70. The number of nitrogen functional groups attached to an aromatic ring is 1. The van der Waals surface area contributed by atoms with Crippen molar-refractivity contribution in [1.29, 1.82) is 5.26 Å². The molecule has 2 unspecified atom stereocenters. The molecular formula is C21H27FN6O2. The van der Waals surface area contributed by atoms with Crippen LogP contribution >= 0.6 is 0 Å². The second-order valence-electron chi connectivity index (χ2n) is 8.44. The molecule has 160 valence electrons. The quantitative estimate of drug-likeness (QED) is 0.687. The molecule has 2 atom stereocenters.